The van der Waals surface area contributed by atoms with Gasteiger partial charge in [-0.3, -0.25) is 9.89 Å². The first-order chi connectivity index (χ1) is 10.8. The molecule has 0 aromatic heterocycles. The van der Waals surface area contributed by atoms with Crippen LogP contribution in [0.15, 0.2) is 54.1 Å². The van der Waals surface area contributed by atoms with Gasteiger partial charge in [-0.05, 0) is 5.56 Å². The van der Waals surface area contributed by atoms with Gasteiger partial charge >= 0.3 is 0 Å². The Morgan fingerprint density at radius 3 is 2.52 bits per heavy atom. The van der Waals surface area contributed by atoms with E-state index in [0.717, 1.165) is 45.2 Å². The van der Waals surface area contributed by atoms with E-state index >= 15 is 0 Å². The summed E-state index contributed by atoms with van der Waals surface area (Å²) >= 11 is 0. The molecular weight excluding hydrogens is 399 g/mol. The number of guanidine groups is 1. The van der Waals surface area contributed by atoms with E-state index in [1.165, 1.54) is 5.56 Å². The molecule has 0 amide bonds. The molecule has 23 heavy (non-hydrogen) atoms. The Morgan fingerprint density at radius 2 is 1.91 bits per heavy atom. The van der Waals surface area contributed by atoms with Crippen LogP contribution in [0.25, 0.3) is 6.08 Å². The topological polar surface area (TPSA) is 30.9 Å². The molecule has 0 saturated carbocycles. The number of piperazine rings is 1. The molecule has 0 spiro atoms. The van der Waals surface area contributed by atoms with E-state index in [0.29, 0.717) is 0 Å². The summed E-state index contributed by atoms with van der Waals surface area (Å²) in [7, 11) is 1.83. The van der Waals surface area contributed by atoms with Crippen molar-refractivity contribution < 1.29 is 0 Å². The van der Waals surface area contributed by atoms with E-state index in [-0.39, 0.29) is 24.0 Å². The molecule has 1 heterocycles. The van der Waals surface area contributed by atoms with Crippen LogP contribution in [0.5, 0.6) is 0 Å². The van der Waals surface area contributed by atoms with Crippen molar-refractivity contribution in [1.82, 2.24) is 15.1 Å². The Hall–Kier alpha value is -1.34. The molecule has 5 heteroatoms. The van der Waals surface area contributed by atoms with Crippen molar-refractivity contribution in [3.8, 4) is 0 Å². The number of rotatable bonds is 5. The monoisotopic (exact) mass is 426 g/mol. The zero-order valence-electron chi connectivity index (χ0n) is 13.8. The highest BCUT2D eigenvalue weighted by molar-refractivity contribution is 14.0. The molecule has 0 radical (unpaired) electrons. The standard InChI is InChI=1S/C18H26N4.HI/c1-3-11-20-18(19-2)22-15-13-21(14-16-22)12-7-10-17-8-5-4-6-9-17;/h3-10H,1,11-16H2,2H3,(H,19,20);1H/b10-7+;. The van der Waals surface area contributed by atoms with Crippen molar-refractivity contribution in [1.29, 1.82) is 0 Å². The maximum atomic E-state index is 4.33. The third-order valence-electron chi connectivity index (χ3n) is 3.76. The fourth-order valence-corrected chi connectivity index (χ4v) is 2.54. The minimum absolute atomic E-state index is 0. The summed E-state index contributed by atoms with van der Waals surface area (Å²) in [5.41, 5.74) is 1.26. The number of aliphatic imine (C=N–C) groups is 1. The SMILES string of the molecule is C=CCNC(=NC)N1CCN(C/C=C/c2ccccc2)CC1.I. The lowest BCUT2D eigenvalue weighted by atomic mass is 10.2. The van der Waals surface area contributed by atoms with E-state index in [2.05, 4.69) is 63.1 Å². The van der Waals surface area contributed by atoms with Gasteiger partial charge in [0.15, 0.2) is 5.96 Å². The summed E-state index contributed by atoms with van der Waals surface area (Å²) in [5, 5.41) is 3.29. The normalized spacial score (nSPS) is 16.2. The van der Waals surface area contributed by atoms with Crippen molar-refractivity contribution in [2.45, 2.75) is 0 Å². The molecule has 1 saturated heterocycles. The first kappa shape index (κ1) is 19.7. The van der Waals surface area contributed by atoms with Crippen LogP contribution in [0.3, 0.4) is 0 Å². The van der Waals surface area contributed by atoms with Crippen LogP contribution in [-0.4, -0.2) is 62.1 Å². The largest absolute Gasteiger partial charge is 0.353 e. The third kappa shape index (κ3) is 6.74. The highest BCUT2D eigenvalue weighted by Gasteiger charge is 2.18. The summed E-state index contributed by atoms with van der Waals surface area (Å²) in [5.74, 6) is 0.972. The average molecular weight is 426 g/mol. The number of hydrogen-bond acceptors (Lipinski definition) is 2. The van der Waals surface area contributed by atoms with Gasteiger partial charge in [0.25, 0.3) is 0 Å². The molecule has 1 aliphatic heterocycles. The maximum Gasteiger partial charge on any atom is 0.193 e. The summed E-state index contributed by atoms with van der Waals surface area (Å²) in [6.07, 6.45) is 6.29. The summed E-state index contributed by atoms with van der Waals surface area (Å²) in [4.78, 5) is 9.10. The number of nitrogens with zero attached hydrogens (tertiary/aromatic N) is 3. The molecular formula is C18H27IN4. The first-order valence-corrected chi connectivity index (χ1v) is 7.84. The Labute approximate surface area is 157 Å². The summed E-state index contributed by atoms with van der Waals surface area (Å²) < 4.78 is 0. The van der Waals surface area contributed by atoms with E-state index in [9.17, 15) is 0 Å². The lowest BCUT2D eigenvalue weighted by Crippen LogP contribution is -2.52. The van der Waals surface area contributed by atoms with Crippen LogP contribution >= 0.6 is 24.0 Å². The fourth-order valence-electron chi connectivity index (χ4n) is 2.54. The Bertz CT molecular complexity index is 505. The zero-order valence-corrected chi connectivity index (χ0v) is 16.1. The van der Waals surface area contributed by atoms with Crippen molar-refractivity contribution in [2.24, 2.45) is 4.99 Å². The Kier molecular flexibility index (Phi) is 9.63. The zero-order chi connectivity index (χ0) is 15.6. The molecule has 1 aliphatic rings. The van der Waals surface area contributed by atoms with Gasteiger partial charge in [0.05, 0.1) is 0 Å². The molecule has 4 nitrogen and oxygen atoms in total. The van der Waals surface area contributed by atoms with Crippen molar-refractivity contribution in [3.63, 3.8) is 0 Å². The van der Waals surface area contributed by atoms with E-state index in [4.69, 9.17) is 0 Å². The van der Waals surface area contributed by atoms with Gasteiger partial charge in [-0.25, -0.2) is 0 Å². The van der Waals surface area contributed by atoms with Gasteiger partial charge in [-0.15, -0.1) is 30.6 Å². The summed E-state index contributed by atoms with van der Waals surface area (Å²) in [6.45, 7) is 9.64. The molecule has 0 bridgehead atoms. The molecule has 1 aromatic rings. The second-order valence-corrected chi connectivity index (χ2v) is 5.32. The molecule has 0 unspecified atom stereocenters. The molecule has 0 aliphatic carbocycles. The number of nitrogens with one attached hydrogen (secondary N) is 1. The highest BCUT2D eigenvalue weighted by atomic mass is 127. The van der Waals surface area contributed by atoms with Gasteiger partial charge in [0.1, 0.15) is 0 Å². The number of hydrogen-bond donors (Lipinski definition) is 1. The van der Waals surface area contributed by atoms with Gasteiger partial charge in [-0.1, -0.05) is 48.6 Å². The smallest absolute Gasteiger partial charge is 0.193 e. The predicted molar refractivity (Wildman–Crippen MR) is 110 cm³/mol. The maximum absolute atomic E-state index is 4.33. The second kappa shape index (κ2) is 11.2. The molecule has 0 atom stereocenters. The van der Waals surface area contributed by atoms with Crippen molar-refractivity contribution in [3.05, 3.63) is 54.6 Å². The number of halogens is 1. The first-order valence-electron chi connectivity index (χ1n) is 7.84. The van der Waals surface area contributed by atoms with Gasteiger partial charge < -0.3 is 10.2 Å². The third-order valence-corrected chi connectivity index (χ3v) is 3.76. The Morgan fingerprint density at radius 1 is 1.22 bits per heavy atom. The van der Waals surface area contributed by atoms with Gasteiger partial charge in [-0.2, -0.15) is 0 Å². The minimum atomic E-state index is 0. The lowest BCUT2D eigenvalue weighted by Gasteiger charge is -2.36. The van der Waals surface area contributed by atoms with Crippen LogP contribution in [0, 0.1) is 0 Å². The van der Waals surface area contributed by atoms with E-state index in [1.54, 1.807) is 0 Å². The summed E-state index contributed by atoms with van der Waals surface area (Å²) in [6, 6.07) is 10.4. The van der Waals surface area contributed by atoms with Crippen LogP contribution < -0.4 is 5.32 Å². The van der Waals surface area contributed by atoms with Crippen molar-refractivity contribution >= 4 is 36.0 Å². The van der Waals surface area contributed by atoms with Gasteiger partial charge in [0.2, 0.25) is 0 Å². The minimum Gasteiger partial charge on any atom is -0.353 e. The lowest BCUT2D eigenvalue weighted by molar-refractivity contribution is 0.195. The van der Waals surface area contributed by atoms with Gasteiger partial charge in [0, 0.05) is 46.3 Å². The van der Waals surface area contributed by atoms with Crippen LogP contribution in [0.1, 0.15) is 5.56 Å². The van der Waals surface area contributed by atoms with Crippen LogP contribution in [0.2, 0.25) is 0 Å². The number of benzene rings is 1. The van der Waals surface area contributed by atoms with E-state index < -0.39 is 0 Å². The van der Waals surface area contributed by atoms with Crippen molar-refractivity contribution in [2.75, 3.05) is 46.3 Å². The highest BCUT2D eigenvalue weighted by Crippen LogP contribution is 2.04. The quantitative estimate of drug-likeness (QED) is 0.340. The van der Waals surface area contributed by atoms with E-state index in [1.807, 2.05) is 19.2 Å². The molecule has 126 valence electrons. The molecule has 2 rings (SSSR count). The van der Waals surface area contributed by atoms with Crippen LogP contribution in [0.4, 0.5) is 0 Å². The second-order valence-electron chi connectivity index (χ2n) is 5.32. The molecule has 1 aromatic carbocycles. The molecule has 1 N–H and O–H groups in total. The Balaban J connectivity index is 0.00000264. The fraction of sp³-hybridized carbons (Fsp3) is 0.389. The van der Waals surface area contributed by atoms with Crippen LogP contribution in [-0.2, 0) is 0 Å². The average Bonchev–Trinajstić information content (AvgIpc) is 2.58. The molecule has 1 fully saturated rings. The predicted octanol–water partition coefficient (Wildman–Crippen LogP) is 2.70.